The van der Waals surface area contributed by atoms with E-state index in [9.17, 15) is 8.78 Å². The third kappa shape index (κ3) is 7.24. The van der Waals surface area contributed by atoms with Gasteiger partial charge in [-0.05, 0) is 43.6 Å². The topological polar surface area (TPSA) is 36.4 Å². The maximum absolute atomic E-state index is 13.6. The second kappa shape index (κ2) is 11.1. The number of nitrogens with zero attached hydrogens (tertiary/aromatic N) is 1. The van der Waals surface area contributed by atoms with E-state index in [0.29, 0.717) is 23.8 Å². The van der Waals surface area contributed by atoms with Crippen LogP contribution in [-0.4, -0.2) is 36.6 Å². The molecule has 23 heavy (non-hydrogen) atoms. The molecule has 0 bridgehead atoms. The highest BCUT2D eigenvalue weighted by Gasteiger charge is 2.15. The van der Waals surface area contributed by atoms with E-state index in [1.807, 2.05) is 18.7 Å². The van der Waals surface area contributed by atoms with E-state index >= 15 is 0 Å². The van der Waals surface area contributed by atoms with Crippen molar-refractivity contribution in [2.45, 2.75) is 31.4 Å². The lowest BCUT2D eigenvalue weighted by Crippen LogP contribution is -2.38. The van der Waals surface area contributed by atoms with Gasteiger partial charge in [0.2, 0.25) is 0 Å². The molecule has 0 radical (unpaired) electrons. The molecule has 2 N–H and O–H groups in total. The van der Waals surface area contributed by atoms with Gasteiger partial charge in [0.25, 0.3) is 0 Å². The molecule has 1 atom stereocenters. The summed E-state index contributed by atoms with van der Waals surface area (Å²) in [5.74, 6) is 0.954. The lowest BCUT2D eigenvalue weighted by atomic mass is 10.1. The zero-order chi connectivity index (χ0) is 15.8. The monoisotopic (exact) mass is 455 g/mol. The molecule has 1 aromatic rings. The van der Waals surface area contributed by atoms with Crippen LogP contribution in [0.4, 0.5) is 8.78 Å². The summed E-state index contributed by atoms with van der Waals surface area (Å²) >= 11 is 1.98. The Morgan fingerprint density at radius 1 is 1.35 bits per heavy atom. The highest BCUT2D eigenvalue weighted by Crippen LogP contribution is 2.25. The second-order valence-corrected chi connectivity index (χ2v) is 6.68. The second-order valence-electron chi connectivity index (χ2n) is 5.27. The molecule has 1 saturated heterocycles. The lowest BCUT2D eigenvalue weighted by Gasteiger charge is -2.13. The summed E-state index contributed by atoms with van der Waals surface area (Å²) in [6.45, 7) is 4.17. The molecule has 1 aromatic carbocycles. The predicted octanol–water partition coefficient (Wildman–Crippen LogP) is 3.58. The smallest absolute Gasteiger partial charge is 0.191 e. The number of hydrogen-bond acceptors (Lipinski definition) is 2. The number of aliphatic imine (C=N–C) groups is 1. The van der Waals surface area contributed by atoms with Crippen LogP contribution in [0.5, 0.6) is 0 Å². The van der Waals surface area contributed by atoms with Gasteiger partial charge in [0.1, 0.15) is 11.6 Å². The molecule has 1 unspecified atom stereocenters. The molecule has 1 fully saturated rings. The van der Waals surface area contributed by atoms with Crippen molar-refractivity contribution in [2.24, 2.45) is 4.99 Å². The highest BCUT2D eigenvalue weighted by atomic mass is 127. The van der Waals surface area contributed by atoms with Crippen LogP contribution in [0.2, 0.25) is 0 Å². The van der Waals surface area contributed by atoms with E-state index in [0.717, 1.165) is 25.1 Å². The summed E-state index contributed by atoms with van der Waals surface area (Å²) in [6, 6.07) is 3.70. The van der Waals surface area contributed by atoms with Crippen LogP contribution in [0.3, 0.4) is 0 Å². The number of guanidine groups is 1. The number of halogens is 3. The van der Waals surface area contributed by atoms with Crippen molar-refractivity contribution in [2.75, 3.05) is 25.4 Å². The molecule has 0 aliphatic carbocycles. The molecule has 0 spiro atoms. The molecular weight excluding hydrogens is 431 g/mol. The van der Waals surface area contributed by atoms with E-state index in [1.54, 1.807) is 0 Å². The van der Waals surface area contributed by atoms with Crippen molar-refractivity contribution < 1.29 is 8.78 Å². The van der Waals surface area contributed by atoms with Crippen molar-refractivity contribution in [1.29, 1.82) is 0 Å². The molecule has 7 heteroatoms. The minimum Gasteiger partial charge on any atom is -0.357 e. The van der Waals surface area contributed by atoms with Crippen LogP contribution in [0.25, 0.3) is 0 Å². The molecule has 0 amide bonds. The van der Waals surface area contributed by atoms with Gasteiger partial charge in [-0.25, -0.2) is 8.78 Å². The lowest BCUT2D eigenvalue weighted by molar-refractivity contribution is 0.570. The van der Waals surface area contributed by atoms with E-state index in [1.165, 1.54) is 30.7 Å². The van der Waals surface area contributed by atoms with Gasteiger partial charge in [-0.2, -0.15) is 11.8 Å². The molecule has 3 nitrogen and oxygen atoms in total. The van der Waals surface area contributed by atoms with E-state index < -0.39 is 11.6 Å². The molecule has 1 heterocycles. The molecular formula is C16H24F2IN3S. The third-order valence-electron chi connectivity index (χ3n) is 3.52. The Morgan fingerprint density at radius 3 is 2.83 bits per heavy atom. The average molecular weight is 455 g/mol. The van der Waals surface area contributed by atoms with Crippen molar-refractivity contribution in [1.82, 2.24) is 10.6 Å². The predicted molar refractivity (Wildman–Crippen MR) is 105 cm³/mol. The Bertz CT molecular complexity index is 508. The molecule has 1 aliphatic heterocycles. The zero-order valence-corrected chi connectivity index (χ0v) is 16.4. The summed E-state index contributed by atoms with van der Waals surface area (Å²) in [7, 11) is 0. The third-order valence-corrected chi connectivity index (χ3v) is 4.90. The molecule has 0 aromatic heterocycles. The first-order valence-electron chi connectivity index (χ1n) is 7.76. The van der Waals surface area contributed by atoms with Gasteiger partial charge in [-0.1, -0.05) is 6.07 Å². The van der Waals surface area contributed by atoms with Gasteiger partial charge in [0.15, 0.2) is 5.96 Å². The fourth-order valence-electron chi connectivity index (χ4n) is 2.36. The Hall–Kier alpha value is -0.570. The maximum Gasteiger partial charge on any atom is 0.191 e. The number of nitrogens with one attached hydrogen (secondary N) is 2. The molecule has 130 valence electrons. The molecule has 0 saturated carbocycles. The standard InChI is InChI=1S/C16H23F2N3S.HI/c1-2-19-16(21-11-14-4-3-9-22-14)20-8-7-12-5-6-13(17)10-15(12)18;/h5-6,10,14H,2-4,7-9,11H2,1H3,(H2,19,20,21);1H. The van der Waals surface area contributed by atoms with Crippen LogP contribution >= 0.6 is 35.7 Å². The zero-order valence-electron chi connectivity index (χ0n) is 13.3. The van der Waals surface area contributed by atoms with Crippen molar-refractivity contribution in [3.8, 4) is 0 Å². The molecule has 2 rings (SSSR count). The number of benzene rings is 1. The minimum absolute atomic E-state index is 0. The maximum atomic E-state index is 13.6. The van der Waals surface area contributed by atoms with Crippen LogP contribution in [-0.2, 0) is 6.42 Å². The van der Waals surface area contributed by atoms with E-state index in [4.69, 9.17) is 0 Å². The summed E-state index contributed by atoms with van der Waals surface area (Å²) in [4.78, 5) is 4.58. The average Bonchev–Trinajstić information content (AvgIpc) is 3.00. The Labute approximate surface area is 158 Å². The first-order chi connectivity index (χ1) is 10.7. The Kier molecular flexibility index (Phi) is 9.85. The van der Waals surface area contributed by atoms with Gasteiger partial charge in [0, 0.05) is 24.4 Å². The summed E-state index contributed by atoms with van der Waals surface area (Å²) in [6.07, 6.45) is 3.00. The van der Waals surface area contributed by atoms with Crippen molar-refractivity contribution >= 4 is 41.7 Å². The SMILES string of the molecule is CCNC(=NCC1CCCS1)NCCc1ccc(F)cc1F.I. The van der Waals surface area contributed by atoms with Crippen LogP contribution in [0.15, 0.2) is 23.2 Å². The van der Waals surface area contributed by atoms with Gasteiger partial charge in [0.05, 0.1) is 6.54 Å². The summed E-state index contributed by atoms with van der Waals surface area (Å²) in [5.41, 5.74) is 0.510. The molecule has 1 aliphatic rings. The first-order valence-corrected chi connectivity index (χ1v) is 8.81. The Balaban J connectivity index is 0.00000264. The number of hydrogen-bond donors (Lipinski definition) is 2. The van der Waals surface area contributed by atoms with Gasteiger partial charge in [-0.3, -0.25) is 4.99 Å². The fraction of sp³-hybridized carbons (Fsp3) is 0.562. The van der Waals surface area contributed by atoms with E-state index in [-0.39, 0.29) is 24.0 Å². The highest BCUT2D eigenvalue weighted by molar-refractivity contribution is 14.0. The number of rotatable bonds is 6. The van der Waals surface area contributed by atoms with Crippen molar-refractivity contribution in [3.05, 3.63) is 35.4 Å². The largest absolute Gasteiger partial charge is 0.357 e. The van der Waals surface area contributed by atoms with Crippen LogP contribution in [0.1, 0.15) is 25.3 Å². The summed E-state index contributed by atoms with van der Waals surface area (Å²) < 4.78 is 26.4. The van der Waals surface area contributed by atoms with Gasteiger partial charge >= 0.3 is 0 Å². The number of thioether (sulfide) groups is 1. The van der Waals surface area contributed by atoms with Crippen LogP contribution in [0, 0.1) is 11.6 Å². The fourth-order valence-corrected chi connectivity index (χ4v) is 3.54. The first kappa shape index (κ1) is 20.5. The van der Waals surface area contributed by atoms with Crippen molar-refractivity contribution in [3.63, 3.8) is 0 Å². The minimum atomic E-state index is -0.543. The quantitative estimate of drug-likeness (QED) is 0.391. The Morgan fingerprint density at radius 2 is 2.17 bits per heavy atom. The normalized spacial score (nSPS) is 17.7. The summed E-state index contributed by atoms with van der Waals surface area (Å²) in [5, 5.41) is 7.01. The van der Waals surface area contributed by atoms with E-state index in [2.05, 4.69) is 15.6 Å². The van der Waals surface area contributed by atoms with Gasteiger partial charge in [-0.15, -0.1) is 24.0 Å². The van der Waals surface area contributed by atoms with Crippen LogP contribution < -0.4 is 10.6 Å². The van der Waals surface area contributed by atoms with Gasteiger partial charge < -0.3 is 10.6 Å².